The molecule has 0 aliphatic carbocycles. The van der Waals surface area contributed by atoms with E-state index in [0.29, 0.717) is 6.04 Å². The van der Waals surface area contributed by atoms with Gasteiger partial charge in [-0.05, 0) is 37.5 Å². The number of hydrogen-bond donors (Lipinski definition) is 1. The van der Waals surface area contributed by atoms with Crippen LogP contribution in [-0.2, 0) is 10.2 Å². The number of para-hydroxylation sites is 1. The highest BCUT2D eigenvalue weighted by Crippen LogP contribution is 2.55. The van der Waals surface area contributed by atoms with E-state index in [1.165, 1.54) is 5.56 Å². The zero-order valence-electron chi connectivity index (χ0n) is 13.6. The fraction of sp³-hybridized carbons (Fsp3) is 0.350. The van der Waals surface area contributed by atoms with Crippen LogP contribution >= 0.6 is 0 Å². The van der Waals surface area contributed by atoms with Crippen LogP contribution in [0.25, 0.3) is 0 Å². The number of carbonyl (C=O) groups is 1. The number of rotatable bonds is 2. The van der Waals surface area contributed by atoms with Crippen molar-refractivity contribution in [1.82, 2.24) is 4.90 Å². The van der Waals surface area contributed by atoms with Gasteiger partial charge in [-0.15, -0.1) is 0 Å². The molecule has 1 fully saturated rings. The normalized spacial score (nSPS) is 26.7. The third-order valence-electron chi connectivity index (χ3n) is 5.40. The highest BCUT2D eigenvalue weighted by molar-refractivity contribution is 6.07. The second-order valence-corrected chi connectivity index (χ2v) is 6.87. The summed E-state index contributed by atoms with van der Waals surface area (Å²) in [5.74, 6) is 0.149. The van der Waals surface area contributed by atoms with Crippen LogP contribution in [-0.4, -0.2) is 23.4 Å². The van der Waals surface area contributed by atoms with Gasteiger partial charge in [0.2, 0.25) is 5.91 Å². The van der Waals surface area contributed by atoms with Crippen molar-refractivity contribution in [2.45, 2.75) is 37.8 Å². The average Bonchev–Trinajstić information content (AvgIpc) is 3.09. The quantitative estimate of drug-likeness (QED) is 0.917. The lowest BCUT2D eigenvalue weighted by Crippen LogP contribution is -2.42. The van der Waals surface area contributed by atoms with Crippen LogP contribution in [0.5, 0.6) is 0 Å². The monoisotopic (exact) mass is 306 g/mol. The van der Waals surface area contributed by atoms with Crippen molar-refractivity contribution in [3.8, 4) is 0 Å². The molecular formula is C20H22N2O. The summed E-state index contributed by atoms with van der Waals surface area (Å²) >= 11 is 0. The Morgan fingerprint density at radius 1 is 1.09 bits per heavy atom. The lowest BCUT2D eigenvalue weighted by atomic mass is 9.72. The van der Waals surface area contributed by atoms with Gasteiger partial charge < -0.3 is 5.32 Å². The Balaban J connectivity index is 1.92. The van der Waals surface area contributed by atoms with Gasteiger partial charge in [0, 0.05) is 18.3 Å². The number of amides is 1. The van der Waals surface area contributed by atoms with E-state index in [0.717, 1.165) is 24.2 Å². The van der Waals surface area contributed by atoms with Crippen molar-refractivity contribution in [2.75, 3.05) is 11.9 Å². The van der Waals surface area contributed by atoms with E-state index in [1.807, 2.05) is 24.3 Å². The third-order valence-corrected chi connectivity index (χ3v) is 5.40. The minimum absolute atomic E-state index is 0.0901. The second kappa shape index (κ2) is 5.20. The summed E-state index contributed by atoms with van der Waals surface area (Å²) in [6.07, 6.45) is 0.869. The summed E-state index contributed by atoms with van der Waals surface area (Å²) in [4.78, 5) is 15.5. The van der Waals surface area contributed by atoms with E-state index in [1.54, 1.807) is 0 Å². The van der Waals surface area contributed by atoms with Crippen molar-refractivity contribution >= 4 is 11.6 Å². The summed E-state index contributed by atoms with van der Waals surface area (Å²) in [6, 6.07) is 19.1. The molecule has 1 saturated heterocycles. The summed E-state index contributed by atoms with van der Waals surface area (Å²) in [5, 5.41) is 3.12. The van der Waals surface area contributed by atoms with E-state index in [9.17, 15) is 4.79 Å². The predicted octanol–water partition coefficient (Wildman–Crippen LogP) is 3.73. The lowest BCUT2D eigenvalue weighted by Gasteiger charge is -2.36. The maximum absolute atomic E-state index is 13.1. The fourth-order valence-corrected chi connectivity index (χ4v) is 4.38. The molecule has 3 heteroatoms. The molecule has 1 amide bonds. The van der Waals surface area contributed by atoms with Gasteiger partial charge in [0.15, 0.2) is 0 Å². The number of hydrogen-bond acceptors (Lipinski definition) is 2. The molecule has 2 aromatic rings. The number of nitrogens with one attached hydrogen (secondary N) is 1. The Kier molecular flexibility index (Phi) is 3.27. The van der Waals surface area contributed by atoms with Crippen molar-refractivity contribution in [3.63, 3.8) is 0 Å². The minimum Gasteiger partial charge on any atom is -0.325 e. The maximum atomic E-state index is 13.1. The molecule has 0 radical (unpaired) electrons. The smallest absolute Gasteiger partial charge is 0.237 e. The van der Waals surface area contributed by atoms with Crippen molar-refractivity contribution in [2.24, 2.45) is 0 Å². The van der Waals surface area contributed by atoms with Crippen molar-refractivity contribution in [1.29, 1.82) is 0 Å². The topological polar surface area (TPSA) is 32.3 Å². The zero-order chi connectivity index (χ0) is 16.0. The van der Waals surface area contributed by atoms with E-state index >= 15 is 0 Å². The largest absolute Gasteiger partial charge is 0.325 e. The summed E-state index contributed by atoms with van der Waals surface area (Å²) in [6.45, 7) is 5.38. The Hall–Kier alpha value is -2.13. The number of anilines is 1. The van der Waals surface area contributed by atoms with Crippen LogP contribution in [0, 0.1) is 0 Å². The molecule has 3 nitrogen and oxygen atoms in total. The molecule has 2 atom stereocenters. The molecule has 4 rings (SSSR count). The fourth-order valence-electron chi connectivity index (χ4n) is 4.38. The zero-order valence-corrected chi connectivity index (χ0v) is 13.6. The molecule has 0 bridgehead atoms. The van der Waals surface area contributed by atoms with Crippen LogP contribution in [0.15, 0.2) is 54.6 Å². The van der Waals surface area contributed by atoms with Gasteiger partial charge in [-0.2, -0.15) is 0 Å². The average molecular weight is 306 g/mol. The Bertz CT molecular complexity index is 740. The van der Waals surface area contributed by atoms with Crippen LogP contribution in [0.4, 0.5) is 5.69 Å². The molecule has 0 saturated carbocycles. The number of carbonyl (C=O) groups excluding carboxylic acids is 1. The van der Waals surface area contributed by atoms with Crippen molar-refractivity contribution in [3.05, 3.63) is 65.7 Å². The second-order valence-electron chi connectivity index (χ2n) is 6.87. The number of benzene rings is 2. The molecule has 2 aliphatic heterocycles. The van der Waals surface area contributed by atoms with Crippen molar-refractivity contribution < 1.29 is 4.79 Å². The first kappa shape index (κ1) is 14.5. The summed E-state index contributed by atoms with van der Waals surface area (Å²) < 4.78 is 0. The molecule has 23 heavy (non-hydrogen) atoms. The molecule has 0 unspecified atom stereocenters. The first-order valence-corrected chi connectivity index (χ1v) is 8.36. The first-order chi connectivity index (χ1) is 11.1. The van der Waals surface area contributed by atoms with Crippen LogP contribution in [0.3, 0.4) is 0 Å². The number of nitrogens with zero attached hydrogens (tertiary/aromatic N) is 1. The molecule has 118 valence electrons. The first-order valence-electron chi connectivity index (χ1n) is 8.36. The molecule has 0 aromatic heterocycles. The molecule has 2 heterocycles. The summed E-state index contributed by atoms with van der Waals surface area (Å²) in [5.41, 5.74) is 2.89. The van der Waals surface area contributed by atoms with Crippen LogP contribution in [0.2, 0.25) is 0 Å². The standard InChI is InChI=1S/C20H22N2O/c1-14(2)22-13-12-20(18(22)15-8-4-3-5-9-15)16-10-6-7-11-17(16)21-19(20)23/h3-11,14,18H,12-13H2,1-2H3,(H,21,23)/t18-,20-/m0/s1. The molecular weight excluding hydrogens is 284 g/mol. The van der Waals surface area contributed by atoms with Crippen LogP contribution < -0.4 is 5.32 Å². The van der Waals surface area contributed by atoms with Gasteiger partial charge >= 0.3 is 0 Å². The third kappa shape index (κ3) is 1.96. The molecule has 1 N–H and O–H groups in total. The van der Waals surface area contributed by atoms with E-state index in [4.69, 9.17) is 0 Å². The van der Waals surface area contributed by atoms with Gasteiger partial charge in [-0.25, -0.2) is 0 Å². The number of likely N-dealkylation sites (tertiary alicyclic amines) is 1. The van der Waals surface area contributed by atoms with E-state index < -0.39 is 5.41 Å². The van der Waals surface area contributed by atoms with Gasteiger partial charge in [0.05, 0.1) is 11.5 Å². The van der Waals surface area contributed by atoms with Gasteiger partial charge in [-0.3, -0.25) is 9.69 Å². The SMILES string of the molecule is CC(C)N1CC[C@@]2(C(=O)Nc3ccccc32)[C@@H]1c1ccccc1. The Morgan fingerprint density at radius 2 is 1.78 bits per heavy atom. The Morgan fingerprint density at radius 3 is 2.52 bits per heavy atom. The lowest BCUT2D eigenvalue weighted by molar-refractivity contribution is -0.121. The van der Waals surface area contributed by atoms with E-state index in [-0.39, 0.29) is 11.9 Å². The maximum Gasteiger partial charge on any atom is 0.237 e. The highest BCUT2D eigenvalue weighted by atomic mass is 16.2. The minimum atomic E-state index is -0.470. The van der Waals surface area contributed by atoms with Crippen LogP contribution in [0.1, 0.15) is 37.4 Å². The van der Waals surface area contributed by atoms with Gasteiger partial charge in [0.1, 0.15) is 0 Å². The Labute approximate surface area is 137 Å². The van der Waals surface area contributed by atoms with E-state index in [2.05, 4.69) is 54.4 Å². The molecule has 1 spiro atoms. The number of fused-ring (bicyclic) bond motifs is 2. The molecule has 2 aliphatic rings. The molecule has 2 aromatic carbocycles. The van der Waals surface area contributed by atoms with Gasteiger partial charge in [-0.1, -0.05) is 48.5 Å². The highest BCUT2D eigenvalue weighted by Gasteiger charge is 2.58. The van der Waals surface area contributed by atoms with Gasteiger partial charge in [0.25, 0.3) is 0 Å². The summed E-state index contributed by atoms with van der Waals surface area (Å²) in [7, 11) is 0. The predicted molar refractivity (Wildman–Crippen MR) is 92.4 cm³/mol.